The minimum absolute atomic E-state index is 0.412. The first kappa shape index (κ1) is 20.5. The summed E-state index contributed by atoms with van der Waals surface area (Å²) in [4.78, 5) is 28.4. The first-order valence-electron chi connectivity index (χ1n) is 9.89. The third-order valence-electron chi connectivity index (χ3n) is 6.10. The molecule has 1 aliphatic heterocycles. The Hall–Kier alpha value is -3.20. The minimum atomic E-state index is -1.43. The Morgan fingerprint density at radius 2 is 1.76 bits per heavy atom. The van der Waals surface area contributed by atoms with Crippen LogP contribution in [-0.4, -0.2) is 34.3 Å². The van der Waals surface area contributed by atoms with Crippen LogP contribution in [0.3, 0.4) is 0 Å². The Morgan fingerprint density at radius 1 is 1.17 bits per heavy atom. The summed E-state index contributed by atoms with van der Waals surface area (Å²) in [5.41, 5.74) is 1.46. The lowest BCUT2D eigenvalue weighted by Crippen LogP contribution is -2.21. The van der Waals surface area contributed by atoms with Crippen molar-refractivity contribution in [2.75, 3.05) is 18.0 Å². The molecule has 1 aromatic carbocycles. The zero-order valence-corrected chi connectivity index (χ0v) is 16.5. The summed E-state index contributed by atoms with van der Waals surface area (Å²) >= 11 is 0. The van der Waals surface area contributed by atoms with E-state index in [1.807, 2.05) is 31.2 Å². The second-order valence-electron chi connectivity index (χ2n) is 7.59. The molecule has 29 heavy (non-hydrogen) atoms. The molecule has 2 fully saturated rings. The molecule has 1 aliphatic carbocycles. The van der Waals surface area contributed by atoms with Crippen molar-refractivity contribution < 1.29 is 15.0 Å². The van der Waals surface area contributed by atoms with E-state index in [2.05, 4.69) is 22.7 Å². The number of pyridine rings is 1. The monoisotopic (exact) mass is 394 g/mol. The smallest absolute Gasteiger partial charge is 0.345 e. The topological polar surface area (TPSA) is 93.6 Å². The van der Waals surface area contributed by atoms with Crippen molar-refractivity contribution in [3.63, 3.8) is 0 Å². The lowest BCUT2D eigenvalue weighted by atomic mass is 10.0. The van der Waals surface area contributed by atoms with Gasteiger partial charge in [0, 0.05) is 24.3 Å². The molecule has 1 aromatic heterocycles. The van der Waals surface area contributed by atoms with Crippen LogP contribution in [0.4, 0.5) is 5.69 Å². The van der Waals surface area contributed by atoms with Gasteiger partial charge in [0.2, 0.25) is 0 Å². The first-order chi connectivity index (χ1) is 14.0. The van der Waals surface area contributed by atoms with Gasteiger partial charge < -0.3 is 20.1 Å². The van der Waals surface area contributed by atoms with Crippen molar-refractivity contribution in [3.05, 3.63) is 45.7 Å². The van der Waals surface area contributed by atoms with Crippen LogP contribution in [0.2, 0.25) is 0 Å². The summed E-state index contributed by atoms with van der Waals surface area (Å²) in [7, 11) is 0. The SMILES string of the molecule is C#C.CCc1c(-c2ccc(N3CC4CCCC4C3)cc2)[nH]c(=O)c(C(=O)O)c1O. The van der Waals surface area contributed by atoms with Gasteiger partial charge in [-0.3, -0.25) is 4.79 Å². The Balaban J connectivity index is 0.00000117. The summed E-state index contributed by atoms with van der Waals surface area (Å²) in [5.74, 6) is -0.244. The van der Waals surface area contributed by atoms with Gasteiger partial charge in [-0.25, -0.2) is 4.79 Å². The number of H-pyrrole nitrogens is 1. The number of aromatic hydroxyl groups is 1. The Morgan fingerprint density at radius 3 is 2.28 bits per heavy atom. The van der Waals surface area contributed by atoms with Crippen LogP contribution in [0.5, 0.6) is 5.75 Å². The largest absolute Gasteiger partial charge is 0.506 e. The molecule has 152 valence electrons. The number of hydrogen-bond donors (Lipinski definition) is 3. The summed E-state index contributed by atoms with van der Waals surface area (Å²) in [6.07, 6.45) is 12.4. The summed E-state index contributed by atoms with van der Waals surface area (Å²) in [6, 6.07) is 7.92. The highest BCUT2D eigenvalue weighted by Crippen LogP contribution is 2.40. The zero-order valence-electron chi connectivity index (χ0n) is 16.5. The first-order valence-corrected chi connectivity index (χ1v) is 9.89. The minimum Gasteiger partial charge on any atom is -0.506 e. The number of hydrogen-bond acceptors (Lipinski definition) is 4. The summed E-state index contributed by atoms with van der Waals surface area (Å²) < 4.78 is 0. The van der Waals surface area contributed by atoms with Crippen molar-refractivity contribution in [2.45, 2.75) is 32.6 Å². The molecule has 2 aromatic rings. The lowest BCUT2D eigenvalue weighted by Gasteiger charge is -2.20. The highest BCUT2D eigenvalue weighted by molar-refractivity contribution is 5.92. The van der Waals surface area contributed by atoms with Gasteiger partial charge >= 0.3 is 5.97 Å². The molecule has 2 unspecified atom stereocenters. The number of aromatic carboxylic acids is 1. The molecule has 0 amide bonds. The molecule has 6 heteroatoms. The van der Waals surface area contributed by atoms with Crippen LogP contribution < -0.4 is 10.5 Å². The number of fused-ring (bicyclic) bond motifs is 1. The number of terminal acetylenes is 1. The van der Waals surface area contributed by atoms with Gasteiger partial charge in [-0.1, -0.05) is 25.5 Å². The van der Waals surface area contributed by atoms with E-state index in [1.54, 1.807) is 0 Å². The van der Waals surface area contributed by atoms with Crippen LogP contribution in [0, 0.1) is 24.7 Å². The molecule has 0 bridgehead atoms. The maximum Gasteiger partial charge on any atom is 0.345 e. The van der Waals surface area contributed by atoms with Crippen LogP contribution in [0.1, 0.15) is 42.1 Å². The average molecular weight is 394 g/mol. The fourth-order valence-electron chi connectivity index (χ4n) is 4.70. The molecule has 6 nitrogen and oxygen atoms in total. The number of carbonyl (C=O) groups is 1. The predicted octanol–water partition coefficient (Wildman–Crippen LogP) is 3.49. The number of rotatable bonds is 4. The van der Waals surface area contributed by atoms with Gasteiger partial charge in [0.05, 0.1) is 5.69 Å². The molecule has 0 radical (unpaired) electrons. The fourth-order valence-corrected chi connectivity index (χ4v) is 4.70. The highest BCUT2D eigenvalue weighted by Gasteiger charge is 2.36. The normalized spacial score (nSPS) is 20.0. The molecule has 2 atom stereocenters. The quantitative estimate of drug-likeness (QED) is 0.690. The summed E-state index contributed by atoms with van der Waals surface area (Å²) in [6.45, 7) is 4.03. The van der Waals surface area contributed by atoms with E-state index in [-0.39, 0.29) is 0 Å². The molecule has 1 saturated heterocycles. The maximum atomic E-state index is 12.1. The fraction of sp³-hybridized carbons (Fsp3) is 0.391. The highest BCUT2D eigenvalue weighted by atomic mass is 16.4. The maximum absolute atomic E-state index is 12.1. The van der Waals surface area contributed by atoms with E-state index in [4.69, 9.17) is 5.11 Å². The van der Waals surface area contributed by atoms with Gasteiger partial charge in [0.25, 0.3) is 5.56 Å². The number of aromatic amines is 1. The second kappa shape index (κ2) is 8.44. The van der Waals surface area contributed by atoms with E-state index in [0.29, 0.717) is 17.7 Å². The third kappa shape index (κ3) is 3.73. The number of aromatic nitrogens is 1. The molecule has 0 spiro atoms. The molecular weight excluding hydrogens is 368 g/mol. The Labute approximate surface area is 170 Å². The molecule has 1 saturated carbocycles. The second-order valence-corrected chi connectivity index (χ2v) is 7.59. The number of carboxylic acid groups (broad SMARTS) is 1. The number of carboxylic acids is 1. The predicted molar refractivity (Wildman–Crippen MR) is 113 cm³/mol. The molecular formula is C23H26N2O4. The van der Waals surface area contributed by atoms with E-state index < -0.39 is 22.8 Å². The van der Waals surface area contributed by atoms with Gasteiger partial charge in [0.1, 0.15) is 5.75 Å². The van der Waals surface area contributed by atoms with Crippen molar-refractivity contribution in [1.82, 2.24) is 4.98 Å². The van der Waals surface area contributed by atoms with Crippen LogP contribution in [-0.2, 0) is 6.42 Å². The van der Waals surface area contributed by atoms with Crippen LogP contribution in [0.15, 0.2) is 29.1 Å². The Kier molecular flexibility index (Phi) is 5.97. The molecule has 4 rings (SSSR count). The summed E-state index contributed by atoms with van der Waals surface area (Å²) in [5, 5.41) is 19.5. The molecule has 2 aliphatic rings. The zero-order chi connectivity index (χ0) is 21.1. The molecule has 3 N–H and O–H groups in total. The van der Waals surface area contributed by atoms with E-state index in [0.717, 1.165) is 30.5 Å². The third-order valence-corrected chi connectivity index (χ3v) is 6.10. The van der Waals surface area contributed by atoms with Gasteiger partial charge in [-0.05, 0) is 48.8 Å². The van der Waals surface area contributed by atoms with Crippen LogP contribution >= 0.6 is 0 Å². The lowest BCUT2D eigenvalue weighted by molar-refractivity contribution is 0.0691. The van der Waals surface area contributed by atoms with E-state index in [9.17, 15) is 14.7 Å². The Bertz CT molecular complexity index is 963. The van der Waals surface area contributed by atoms with Crippen molar-refractivity contribution in [1.29, 1.82) is 0 Å². The number of nitrogens with zero attached hydrogens (tertiary/aromatic N) is 1. The number of benzene rings is 1. The van der Waals surface area contributed by atoms with Crippen LogP contribution in [0.25, 0.3) is 11.3 Å². The van der Waals surface area contributed by atoms with Gasteiger partial charge in [-0.2, -0.15) is 0 Å². The van der Waals surface area contributed by atoms with Crippen molar-refractivity contribution >= 4 is 11.7 Å². The average Bonchev–Trinajstić information content (AvgIpc) is 3.31. The van der Waals surface area contributed by atoms with Gasteiger partial charge in [-0.15, -0.1) is 12.8 Å². The van der Waals surface area contributed by atoms with E-state index in [1.165, 1.54) is 24.9 Å². The van der Waals surface area contributed by atoms with Crippen molar-refractivity contribution in [2.24, 2.45) is 11.8 Å². The molecule has 2 heterocycles. The standard InChI is InChI=1S/C21H24N2O4.C2H2/c1-2-16-18(22-20(25)17(19(16)24)21(26)27)12-6-8-15(9-7-12)23-10-13-4-3-5-14(13)11-23;1-2/h6-9,13-14H,2-5,10-11H2,1H3,(H,26,27)(H2,22,24,25);1-2H. The number of anilines is 1. The number of nitrogens with one attached hydrogen (secondary N) is 1. The van der Waals surface area contributed by atoms with Gasteiger partial charge in [0.15, 0.2) is 5.56 Å². The van der Waals surface area contributed by atoms with E-state index >= 15 is 0 Å². The van der Waals surface area contributed by atoms with Crippen molar-refractivity contribution in [3.8, 4) is 29.9 Å².